The number of fused-ring (bicyclic) bond motifs is 2. The van der Waals surface area contributed by atoms with E-state index in [2.05, 4.69) is 0 Å². The van der Waals surface area contributed by atoms with E-state index in [4.69, 9.17) is 18.9 Å². The maximum Gasteiger partial charge on any atom is 0.241 e. The number of Topliss-reactive ketones (excluding diaryl/α,β-unsaturated/α-hetero) is 1. The van der Waals surface area contributed by atoms with Gasteiger partial charge in [-0.25, -0.2) is 0 Å². The molecule has 0 N–H and O–H groups in total. The number of hydrogen-bond donors (Lipinski definition) is 0. The number of ether oxygens (including phenoxy) is 4. The van der Waals surface area contributed by atoms with Crippen LogP contribution in [-0.4, -0.2) is 45.8 Å². The van der Waals surface area contributed by atoms with Crippen molar-refractivity contribution in [1.29, 1.82) is 0 Å². The zero-order valence-electron chi connectivity index (χ0n) is 14.5. The standard InChI is InChI=1S/C17H28O5/c1-7-9-14-11-12-15(10-8-2,13(14)18)17(21-5,22-6)16(14,19-3)20-4/h11-12H,7-10H2,1-6H3. The van der Waals surface area contributed by atoms with E-state index < -0.39 is 22.4 Å². The average Bonchev–Trinajstić information content (AvgIpc) is 2.88. The first-order valence-electron chi connectivity index (χ1n) is 7.94. The molecule has 2 bridgehead atoms. The van der Waals surface area contributed by atoms with Crippen LogP contribution in [0.15, 0.2) is 12.2 Å². The molecule has 2 unspecified atom stereocenters. The van der Waals surface area contributed by atoms with Crippen molar-refractivity contribution in [2.24, 2.45) is 10.8 Å². The lowest BCUT2D eigenvalue weighted by Crippen LogP contribution is -2.67. The van der Waals surface area contributed by atoms with Crippen LogP contribution in [0.1, 0.15) is 39.5 Å². The number of carbonyl (C=O) groups is 1. The molecule has 1 saturated carbocycles. The van der Waals surface area contributed by atoms with Crippen molar-refractivity contribution >= 4 is 5.78 Å². The molecule has 0 aromatic heterocycles. The van der Waals surface area contributed by atoms with Gasteiger partial charge in [-0.3, -0.25) is 4.79 Å². The van der Waals surface area contributed by atoms with E-state index >= 15 is 0 Å². The van der Waals surface area contributed by atoms with Crippen molar-refractivity contribution in [3.63, 3.8) is 0 Å². The highest BCUT2D eigenvalue weighted by Gasteiger charge is 2.86. The van der Waals surface area contributed by atoms with Gasteiger partial charge in [-0.15, -0.1) is 0 Å². The second-order valence-corrected chi connectivity index (χ2v) is 6.15. The van der Waals surface area contributed by atoms with Crippen LogP contribution in [0, 0.1) is 10.8 Å². The van der Waals surface area contributed by atoms with E-state index in [9.17, 15) is 4.79 Å². The molecule has 2 rings (SSSR count). The quantitative estimate of drug-likeness (QED) is 0.509. The van der Waals surface area contributed by atoms with Crippen LogP contribution < -0.4 is 0 Å². The molecule has 0 spiro atoms. The van der Waals surface area contributed by atoms with Crippen molar-refractivity contribution in [2.45, 2.75) is 51.1 Å². The molecule has 126 valence electrons. The third kappa shape index (κ3) is 1.51. The molecule has 0 radical (unpaired) electrons. The van der Waals surface area contributed by atoms with Gasteiger partial charge in [0, 0.05) is 28.4 Å². The Kier molecular flexibility index (Phi) is 4.57. The van der Waals surface area contributed by atoms with Gasteiger partial charge in [0.05, 0.1) is 0 Å². The summed E-state index contributed by atoms with van der Waals surface area (Å²) in [6, 6.07) is 0. The van der Waals surface area contributed by atoms with Crippen LogP contribution in [0.5, 0.6) is 0 Å². The predicted molar refractivity (Wildman–Crippen MR) is 82.3 cm³/mol. The monoisotopic (exact) mass is 312 g/mol. The first-order chi connectivity index (χ1) is 10.5. The summed E-state index contributed by atoms with van der Waals surface area (Å²) in [6.07, 6.45) is 6.83. The minimum absolute atomic E-state index is 0.0797. The van der Waals surface area contributed by atoms with Gasteiger partial charge in [0.1, 0.15) is 10.8 Å². The van der Waals surface area contributed by atoms with Crippen molar-refractivity contribution in [2.75, 3.05) is 28.4 Å². The van der Waals surface area contributed by atoms with Crippen molar-refractivity contribution in [3.8, 4) is 0 Å². The fraction of sp³-hybridized carbons (Fsp3) is 0.824. The van der Waals surface area contributed by atoms with Crippen molar-refractivity contribution in [1.82, 2.24) is 0 Å². The molecule has 0 amide bonds. The van der Waals surface area contributed by atoms with Gasteiger partial charge in [-0.2, -0.15) is 0 Å². The first-order valence-corrected chi connectivity index (χ1v) is 7.94. The van der Waals surface area contributed by atoms with Crippen LogP contribution in [0.25, 0.3) is 0 Å². The molecule has 0 heterocycles. The maximum atomic E-state index is 13.5. The molecule has 2 atom stereocenters. The maximum absolute atomic E-state index is 13.5. The van der Waals surface area contributed by atoms with Crippen molar-refractivity contribution < 1.29 is 23.7 Å². The van der Waals surface area contributed by atoms with Crippen LogP contribution >= 0.6 is 0 Å². The summed E-state index contributed by atoms with van der Waals surface area (Å²) in [5.74, 6) is -2.50. The first kappa shape index (κ1) is 17.6. The Bertz CT molecular complexity index is 424. The van der Waals surface area contributed by atoms with Gasteiger partial charge in [-0.1, -0.05) is 38.8 Å². The Morgan fingerprint density at radius 3 is 1.32 bits per heavy atom. The lowest BCUT2D eigenvalue weighted by atomic mass is 9.73. The van der Waals surface area contributed by atoms with Gasteiger partial charge >= 0.3 is 0 Å². The summed E-state index contributed by atoms with van der Waals surface area (Å²) < 4.78 is 23.3. The SMILES string of the molecule is CCCC12C=CC(CCC)(C1=O)C(OC)(OC)C2(OC)OC. The molecule has 0 saturated heterocycles. The van der Waals surface area contributed by atoms with E-state index in [1.165, 1.54) is 0 Å². The Labute approximate surface area is 132 Å². The van der Waals surface area contributed by atoms with E-state index in [0.29, 0.717) is 12.8 Å². The van der Waals surface area contributed by atoms with Gasteiger partial charge in [0.25, 0.3) is 0 Å². The zero-order chi connectivity index (χ0) is 16.6. The Morgan fingerprint density at radius 2 is 1.09 bits per heavy atom. The summed E-state index contributed by atoms with van der Waals surface area (Å²) in [6.45, 7) is 4.09. The molecule has 0 aliphatic heterocycles. The largest absolute Gasteiger partial charge is 0.348 e. The molecule has 1 fully saturated rings. The molecular weight excluding hydrogens is 284 g/mol. The van der Waals surface area contributed by atoms with Gasteiger partial charge in [0.2, 0.25) is 11.6 Å². The zero-order valence-corrected chi connectivity index (χ0v) is 14.5. The Balaban J connectivity index is 2.80. The van der Waals surface area contributed by atoms with Gasteiger partial charge < -0.3 is 18.9 Å². The summed E-state index contributed by atoms with van der Waals surface area (Å²) in [7, 11) is 6.20. The minimum Gasteiger partial charge on any atom is -0.348 e. The summed E-state index contributed by atoms with van der Waals surface area (Å²) in [5.41, 5.74) is -1.76. The number of rotatable bonds is 8. The second kappa shape index (κ2) is 5.71. The molecule has 0 aromatic rings. The predicted octanol–water partition coefficient (Wildman–Crippen LogP) is 2.69. The fourth-order valence-corrected chi connectivity index (χ4v) is 4.88. The molecular formula is C17H28O5. The number of ketones is 1. The molecule has 22 heavy (non-hydrogen) atoms. The second-order valence-electron chi connectivity index (χ2n) is 6.15. The number of hydrogen-bond acceptors (Lipinski definition) is 5. The van der Waals surface area contributed by atoms with E-state index in [-0.39, 0.29) is 5.78 Å². The lowest BCUT2D eigenvalue weighted by molar-refractivity contribution is -0.417. The highest BCUT2D eigenvalue weighted by Crippen LogP contribution is 2.70. The lowest BCUT2D eigenvalue weighted by Gasteiger charge is -2.52. The summed E-state index contributed by atoms with van der Waals surface area (Å²) in [5, 5.41) is 0. The number of methoxy groups -OCH3 is 4. The average molecular weight is 312 g/mol. The minimum atomic E-state index is -1.29. The van der Waals surface area contributed by atoms with E-state index in [1.54, 1.807) is 28.4 Å². The van der Waals surface area contributed by atoms with Crippen LogP contribution in [0.4, 0.5) is 0 Å². The molecule has 0 aromatic carbocycles. The molecule has 2 aliphatic carbocycles. The third-order valence-electron chi connectivity index (χ3n) is 5.51. The third-order valence-corrected chi connectivity index (χ3v) is 5.51. The smallest absolute Gasteiger partial charge is 0.241 e. The summed E-state index contributed by atoms with van der Waals surface area (Å²) in [4.78, 5) is 13.5. The Hall–Kier alpha value is -0.750. The summed E-state index contributed by atoms with van der Waals surface area (Å²) >= 11 is 0. The van der Waals surface area contributed by atoms with Crippen LogP contribution in [-0.2, 0) is 23.7 Å². The van der Waals surface area contributed by atoms with Crippen LogP contribution in [0.3, 0.4) is 0 Å². The molecule has 2 aliphatic rings. The molecule has 5 nitrogen and oxygen atoms in total. The normalized spacial score (nSPS) is 34.5. The highest BCUT2D eigenvalue weighted by atomic mass is 16.8. The van der Waals surface area contributed by atoms with E-state index in [1.807, 2.05) is 26.0 Å². The number of carbonyl (C=O) groups excluding carboxylic acids is 1. The highest BCUT2D eigenvalue weighted by molar-refractivity contribution is 6.02. The topological polar surface area (TPSA) is 54.0 Å². The van der Waals surface area contributed by atoms with Gasteiger partial charge in [0.15, 0.2) is 5.78 Å². The van der Waals surface area contributed by atoms with Crippen LogP contribution in [0.2, 0.25) is 0 Å². The molecule has 5 heteroatoms. The van der Waals surface area contributed by atoms with E-state index in [0.717, 1.165) is 12.8 Å². The van der Waals surface area contributed by atoms with Crippen molar-refractivity contribution in [3.05, 3.63) is 12.2 Å². The van der Waals surface area contributed by atoms with Gasteiger partial charge in [-0.05, 0) is 12.8 Å². The fourth-order valence-electron chi connectivity index (χ4n) is 4.88. The Morgan fingerprint density at radius 1 is 0.773 bits per heavy atom.